The van der Waals surface area contributed by atoms with E-state index in [1.54, 1.807) is 42.5 Å². The smallest absolute Gasteiger partial charge is 0.437 e. The van der Waals surface area contributed by atoms with Gasteiger partial charge in [-0.3, -0.25) is 14.4 Å². The van der Waals surface area contributed by atoms with Crippen LogP contribution < -0.4 is 15.4 Å². The summed E-state index contributed by atoms with van der Waals surface area (Å²) in [6, 6.07) is 14.3. The summed E-state index contributed by atoms with van der Waals surface area (Å²) < 4.78 is 51.3. The van der Waals surface area contributed by atoms with E-state index in [4.69, 9.17) is 14.3 Å². The van der Waals surface area contributed by atoms with Crippen LogP contribution in [0.2, 0.25) is 0 Å². The van der Waals surface area contributed by atoms with E-state index < -0.39 is 35.4 Å². The van der Waals surface area contributed by atoms with Gasteiger partial charge in [-0.05, 0) is 62.1 Å². The Labute approximate surface area is 221 Å². The number of oxazole rings is 1. The van der Waals surface area contributed by atoms with Crippen molar-refractivity contribution in [1.29, 1.82) is 0 Å². The number of aliphatic carboxylic acids is 1. The molecule has 0 spiro atoms. The quantitative estimate of drug-likeness (QED) is 0.337. The molecule has 2 aromatic carbocycles. The first-order valence-corrected chi connectivity index (χ1v) is 12.3. The highest BCUT2D eigenvalue weighted by Gasteiger charge is 2.41. The number of ether oxygens (including phenoxy) is 1. The first kappa shape index (κ1) is 27.7. The number of nitrogens with zero attached hydrogens (tertiary/aromatic N) is 1. The first-order chi connectivity index (χ1) is 18.6. The van der Waals surface area contributed by atoms with Crippen molar-refractivity contribution in [2.75, 3.05) is 13.1 Å². The predicted molar refractivity (Wildman–Crippen MR) is 132 cm³/mol. The van der Waals surface area contributed by atoms with Gasteiger partial charge in [0.05, 0.1) is 12.0 Å². The maximum absolute atomic E-state index is 13.4. The second-order valence-electron chi connectivity index (χ2n) is 9.03. The zero-order valence-electron chi connectivity index (χ0n) is 20.7. The van der Waals surface area contributed by atoms with Crippen molar-refractivity contribution in [1.82, 2.24) is 15.6 Å². The largest absolute Gasteiger partial charge is 0.490 e. The van der Waals surface area contributed by atoms with E-state index in [0.29, 0.717) is 37.0 Å². The van der Waals surface area contributed by atoms with E-state index in [1.165, 1.54) is 12.1 Å². The third-order valence-electron chi connectivity index (χ3n) is 6.26. The van der Waals surface area contributed by atoms with Gasteiger partial charge in [-0.15, -0.1) is 0 Å². The number of hydrogen-bond acceptors (Lipinski definition) is 6. The van der Waals surface area contributed by atoms with Crippen molar-refractivity contribution in [2.45, 2.75) is 38.0 Å². The van der Waals surface area contributed by atoms with Gasteiger partial charge in [0.2, 0.25) is 11.7 Å². The minimum Gasteiger partial charge on any atom is -0.490 e. The summed E-state index contributed by atoms with van der Waals surface area (Å²) in [7, 11) is 0. The molecule has 206 valence electrons. The molecule has 1 fully saturated rings. The number of aromatic nitrogens is 1. The van der Waals surface area contributed by atoms with Gasteiger partial charge >= 0.3 is 12.1 Å². The molecule has 1 heterocycles. The van der Waals surface area contributed by atoms with E-state index in [2.05, 4.69) is 15.6 Å². The molecule has 0 atom stereocenters. The van der Waals surface area contributed by atoms with Crippen LogP contribution in [0, 0.1) is 5.92 Å². The van der Waals surface area contributed by atoms with Crippen molar-refractivity contribution in [3.05, 3.63) is 71.6 Å². The van der Waals surface area contributed by atoms with Crippen molar-refractivity contribution in [2.24, 2.45) is 5.92 Å². The average molecular weight is 546 g/mol. The number of carbonyl (C=O) groups is 3. The van der Waals surface area contributed by atoms with Crippen LogP contribution in [0.3, 0.4) is 0 Å². The molecule has 3 aromatic rings. The van der Waals surface area contributed by atoms with Crippen LogP contribution in [0.4, 0.5) is 13.2 Å². The van der Waals surface area contributed by atoms with E-state index in [0.717, 1.165) is 0 Å². The van der Waals surface area contributed by atoms with Gasteiger partial charge in [0.1, 0.15) is 5.75 Å². The van der Waals surface area contributed by atoms with Crippen LogP contribution in [0.15, 0.2) is 59.0 Å². The first-order valence-electron chi connectivity index (χ1n) is 12.3. The lowest BCUT2D eigenvalue weighted by Crippen LogP contribution is -2.35. The monoisotopic (exact) mass is 545 g/mol. The molecule has 0 radical (unpaired) electrons. The lowest BCUT2D eigenvalue weighted by molar-refractivity contribution is -0.143. The topological polar surface area (TPSA) is 131 Å². The van der Waals surface area contributed by atoms with Crippen molar-refractivity contribution < 1.29 is 41.8 Å². The zero-order valence-corrected chi connectivity index (χ0v) is 20.7. The molecule has 4 rings (SSSR count). The Kier molecular flexibility index (Phi) is 8.52. The van der Waals surface area contributed by atoms with E-state index >= 15 is 0 Å². The number of alkyl halides is 3. The zero-order chi connectivity index (χ0) is 28.0. The summed E-state index contributed by atoms with van der Waals surface area (Å²) >= 11 is 0. The maximum atomic E-state index is 13.4. The standard InChI is InChI=1S/C27H26F3N3O6/c28-27(29,30)22-21(39-25(33-22)17-4-2-1-3-5-17)24(35)32-15-14-31-23(34)16-6-10-19(11-7-16)38-20-12-8-18(9-13-20)26(36)37/h1-7,10-11,18,20H,8-9,12-15H2,(H,31,34)(H,32,35)(H,36,37). The number of carboxylic acid groups (broad SMARTS) is 1. The average Bonchev–Trinajstić information content (AvgIpc) is 3.39. The molecule has 1 aliphatic rings. The lowest BCUT2D eigenvalue weighted by Gasteiger charge is -2.26. The highest BCUT2D eigenvalue weighted by atomic mass is 19.4. The minimum absolute atomic E-state index is 0.0450. The number of benzene rings is 2. The van der Waals surface area contributed by atoms with Crippen LogP contribution >= 0.6 is 0 Å². The summed E-state index contributed by atoms with van der Waals surface area (Å²) in [5.74, 6) is -3.41. The molecular weight excluding hydrogens is 519 g/mol. The van der Waals surface area contributed by atoms with Crippen LogP contribution in [-0.2, 0) is 11.0 Å². The van der Waals surface area contributed by atoms with Crippen LogP contribution in [0.5, 0.6) is 5.75 Å². The van der Waals surface area contributed by atoms with Crippen molar-refractivity contribution >= 4 is 17.8 Å². The minimum atomic E-state index is -4.90. The molecule has 2 amide bonds. The second kappa shape index (κ2) is 12.0. The molecule has 0 bridgehead atoms. The van der Waals surface area contributed by atoms with Crippen LogP contribution in [0.25, 0.3) is 11.5 Å². The van der Waals surface area contributed by atoms with Gasteiger partial charge in [0, 0.05) is 24.2 Å². The van der Waals surface area contributed by atoms with Gasteiger partial charge in [-0.25, -0.2) is 4.98 Å². The number of amides is 2. The Morgan fingerprint density at radius 2 is 1.54 bits per heavy atom. The summed E-state index contributed by atoms with van der Waals surface area (Å²) in [5.41, 5.74) is -0.818. The van der Waals surface area contributed by atoms with E-state index in [-0.39, 0.29) is 36.6 Å². The number of nitrogens with one attached hydrogen (secondary N) is 2. The number of carbonyl (C=O) groups excluding carboxylic acids is 2. The molecular formula is C27H26F3N3O6. The Morgan fingerprint density at radius 3 is 2.13 bits per heavy atom. The fourth-order valence-electron chi connectivity index (χ4n) is 4.21. The molecule has 9 nitrogen and oxygen atoms in total. The molecule has 0 saturated heterocycles. The highest BCUT2D eigenvalue weighted by molar-refractivity contribution is 5.95. The molecule has 1 aromatic heterocycles. The maximum Gasteiger partial charge on any atom is 0.437 e. The van der Waals surface area contributed by atoms with Crippen LogP contribution in [-0.4, -0.2) is 47.1 Å². The third kappa shape index (κ3) is 7.15. The summed E-state index contributed by atoms with van der Waals surface area (Å²) in [6.07, 6.45) is -2.60. The molecule has 1 aliphatic carbocycles. The lowest BCUT2D eigenvalue weighted by atomic mass is 9.87. The summed E-state index contributed by atoms with van der Waals surface area (Å²) in [6.45, 7) is -0.194. The second-order valence-corrected chi connectivity index (χ2v) is 9.03. The molecule has 1 saturated carbocycles. The Bertz CT molecular complexity index is 1300. The van der Waals surface area contributed by atoms with Crippen molar-refractivity contribution in [3.8, 4) is 17.2 Å². The van der Waals surface area contributed by atoms with E-state index in [9.17, 15) is 27.6 Å². The molecule has 3 N–H and O–H groups in total. The van der Waals surface area contributed by atoms with Gasteiger partial charge < -0.3 is 24.9 Å². The molecule has 0 unspecified atom stereocenters. The third-order valence-corrected chi connectivity index (χ3v) is 6.26. The fourth-order valence-corrected chi connectivity index (χ4v) is 4.21. The molecule has 0 aliphatic heterocycles. The fraction of sp³-hybridized carbons (Fsp3) is 0.333. The number of hydrogen-bond donors (Lipinski definition) is 3. The predicted octanol–water partition coefficient (Wildman–Crippen LogP) is 4.54. The highest BCUT2D eigenvalue weighted by Crippen LogP contribution is 2.34. The van der Waals surface area contributed by atoms with Gasteiger partial charge in [0.25, 0.3) is 11.8 Å². The molecule has 12 heteroatoms. The number of halogens is 3. The van der Waals surface area contributed by atoms with E-state index in [1.807, 2.05) is 0 Å². The summed E-state index contributed by atoms with van der Waals surface area (Å²) in [4.78, 5) is 39.4. The Hall–Kier alpha value is -4.35. The SMILES string of the molecule is O=C(NCCNC(=O)c1oc(-c2ccccc2)nc1C(F)(F)F)c1ccc(OC2CCC(C(=O)O)CC2)cc1. The van der Waals surface area contributed by atoms with Gasteiger partial charge in [-0.1, -0.05) is 18.2 Å². The van der Waals surface area contributed by atoms with Crippen LogP contribution in [0.1, 0.15) is 52.3 Å². The number of carboxylic acids is 1. The van der Waals surface area contributed by atoms with Crippen molar-refractivity contribution in [3.63, 3.8) is 0 Å². The van der Waals surface area contributed by atoms with Gasteiger partial charge in [0.15, 0.2) is 5.69 Å². The normalized spacial score (nSPS) is 17.3. The number of rotatable bonds is 9. The summed E-state index contributed by atoms with van der Waals surface area (Å²) in [5, 5.41) is 14.0. The Balaban J connectivity index is 1.26. The Morgan fingerprint density at radius 1 is 0.923 bits per heavy atom. The molecule has 39 heavy (non-hydrogen) atoms. The van der Waals surface area contributed by atoms with Gasteiger partial charge in [-0.2, -0.15) is 13.2 Å².